The molecule has 128 valence electrons. The summed E-state index contributed by atoms with van der Waals surface area (Å²) in [6.45, 7) is 4.79. The van der Waals surface area contributed by atoms with Crippen molar-refractivity contribution in [2.45, 2.75) is 20.4 Å². The number of hydrogen-bond acceptors (Lipinski definition) is 8. The van der Waals surface area contributed by atoms with Gasteiger partial charge in [0, 0.05) is 6.54 Å². The number of nitrogen functional groups attached to an aromatic ring is 1. The minimum Gasteiger partial charge on any atom is -0.368 e. The van der Waals surface area contributed by atoms with Crippen molar-refractivity contribution in [1.29, 1.82) is 0 Å². The summed E-state index contributed by atoms with van der Waals surface area (Å²) in [6.07, 6.45) is 1.46. The molecule has 0 aromatic carbocycles. The van der Waals surface area contributed by atoms with Crippen LogP contribution < -0.4 is 5.73 Å². The lowest BCUT2D eigenvalue weighted by atomic mass is 10.5. The first kappa shape index (κ1) is 18.1. The van der Waals surface area contributed by atoms with Crippen molar-refractivity contribution in [3.8, 4) is 0 Å². The first-order valence-corrected chi connectivity index (χ1v) is 9.19. The van der Waals surface area contributed by atoms with Gasteiger partial charge in [-0.25, -0.2) is 4.98 Å². The minimum absolute atomic E-state index is 0.0716. The highest BCUT2D eigenvalue weighted by molar-refractivity contribution is 7.53. The molecule has 0 saturated heterocycles. The zero-order chi connectivity index (χ0) is 16.9. The quantitative estimate of drug-likeness (QED) is 0.410. The van der Waals surface area contributed by atoms with Gasteiger partial charge in [0.2, 0.25) is 5.95 Å². The van der Waals surface area contributed by atoms with E-state index in [2.05, 4.69) is 15.0 Å². The number of fused-ring (bicyclic) bond motifs is 1. The van der Waals surface area contributed by atoms with E-state index in [9.17, 15) is 4.57 Å². The Bertz CT molecular complexity index is 700. The highest BCUT2D eigenvalue weighted by Crippen LogP contribution is 2.47. The lowest BCUT2D eigenvalue weighted by Crippen LogP contribution is -2.09. The van der Waals surface area contributed by atoms with Crippen LogP contribution in [-0.4, -0.2) is 45.7 Å². The van der Waals surface area contributed by atoms with E-state index in [1.54, 1.807) is 24.7 Å². The van der Waals surface area contributed by atoms with Crippen molar-refractivity contribution in [2.24, 2.45) is 0 Å². The van der Waals surface area contributed by atoms with Crippen LogP contribution in [0.5, 0.6) is 0 Å². The molecule has 0 spiro atoms. The third-order valence-corrected chi connectivity index (χ3v) is 4.88. The van der Waals surface area contributed by atoms with Gasteiger partial charge in [0.1, 0.15) is 11.9 Å². The van der Waals surface area contributed by atoms with Gasteiger partial charge in [-0.2, -0.15) is 9.97 Å². The third-order valence-electron chi connectivity index (χ3n) is 2.82. The monoisotopic (exact) mass is 363 g/mol. The molecule has 2 aromatic heterocycles. The first-order valence-electron chi connectivity index (χ1n) is 7.08. The number of halogens is 1. The largest absolute Gasteiger partial charge is 0.368 e. The molecule has 0 bridgehead atoms. The van der Waals surface area contributed by atoms with E-state index in [1.807, 2.05) is 0 Å². The maximum atomic E-state index is 12.2. The van der Waals surface area contributed by atoms with Crippen LogP contribution in [0.3, 0.4) is 0 Å². The van der Waals surface area contributed by atoms with Gasteiger partial charge in [-0.05, 0) is 13.8 Å². The Labute approximate surface area is 138 Å². The second-order valence-corrected chi connectivity index (χ2v) is 6.82. The van der Waals surface area contributed by atoms with E-state index in [4.69, 9.17) is 31.1 Å². The van der Waals surface area contributed by atoms with E-state index in [-0.39, 0.29) is 24.1 Å². The molecule has 2 N–H and O–H groups in total. The second-order valence-electron chi connectivity index (χ2n) is 4.47. The van der Waals surface area contributed by atoms with E-state index >= 15 is 0 Å². The Balaban J connectivity index is 1.95. The van der Waals surface area contributed by atoms with Gasteiger partial charge < -0.3 is 24.1 Å². The van der Waals surface area contributed by atoms with Gasteiger partial charge in [-0.3, -0.25) is 4.57 Å². The van der Waals surface area contributed by atoms with Crippen LogP contribution in [0.1, 0.15) is 13.8 Å². The average Bonchev–Trinajstić information content (AvgIpc) is 2.87. The molecule has 0 fully saturated rings. The average molecular weight is 364 g/mol. The molecule has 0 saturated carbocycles. The maximum absolute atomic E-state index is 12.2. The highest BCUT2D eigenvalue weighted by Gasteiger charge is 2.23. The summed E-state index contributed by atoms with van der Waals surface area (Å²) in [5, 5.41) is 0.198. The minimum atomic E-state index is -3.20. The molecule has 23 heavy (non-hydrogen) atoms. The number of ether oxygens (including phenoxy) is 1. The standard InChI is InChI=1S/C12H19ClN5O4P/c1-3-21-23(19,22-4-2)8-20-6-5-18-7-15-9-10(13)16-12(14)17-11(9)18/h7H,3-6,8H2,1-2H3,(H2,14,16,17). The van der Waals surface area contributed by atoms with Crippen LogP contribution in [0.25, 0.3) is 11.2 Å². The van der Waals surface area contributed by atoms with Crippen LogP contribution in [0.15, 0.2) is 6.33 Å². The Morgan fingerprint density at radius 2 is 2.00 bits per heavy atom. The maximum Gasteiger partial charge on any atom is 0.356 e. The number of anilines is 1. The lowest BCUT2D eigenvalue weighted by molar-refractivity contribution is 0.127. The summed E-state index contributed by atoms with van der Waals surface area (Å²) in [6, 6.07) is 0. The topological polar surface area (TPSA) is 114 Å². The van der Waals surface area contributed by atoms with Crippen molar-refractivity contribution in [1.82, 2.24) is 19.5 Å². The van der Waals surface area contributed by atoms with Gasteiger partial charge in [0.15, 0.2) is 10.8 Å². The van der Waals surface area contributed by atoms with Crippen molar-refractivity contribution in [3.63, 3.8) is 0 Å². The van der Waals surface area contributed by atoms with Crippen LogP contribution in [0.4, 0.5) is 5.95 Å². The van der Waals surface area contributed by atoms with Crippen molar-refractivity contribution >= 4 is 36.3 Å². The molecule has 0 amide bonds. The van der Waals surface area contributed by atoms with Crippen molar-refractivity contribution in [2.75, 3.05) is 31.9 Å². The van der Waals surface area contributed by atoms with Crippen LogP contribution in [-0.2, 0) is 24.9 Å². The van der Waals surface area contributed by atoms with Crippen LogP contribution >= 0.6 is 19.2 Å². The first-order chi connectivity index (χ1) is 11.0. The van der Waals surface area contributed by atoms with Gasteiger partial charge in [-0.1, -0.05) is 11.6 Å². The number of nitrogens with two attached hydrogens (primary N) is 1. The zero-order valence-electron chi connectivity index (χ0n) is 12.9. The molecule has 11 heteroatoms. The fraction of sp³-hybridized carbons (Fsp3) is 0.583. The molecule has 0 radical (unpaired) electrons. The third kappa shape index (κ3) is 4.62. The van der Waals surface area contributed by atoms with E-state index in [0.29, 0.717) is 30.9 Å². The fourth-order valence-corrected chi connectivity index (χ4v) is 3.52. The Morgan fingerprint density at radius 1 is 1.30 bits per heavy atom. The van der Waals surface area contributed by atoms with Crippen LogP contribution in [0.2, 0.25) is 5.15 Å². The Morgan fingerprint density at radius 3 is 2.65 bits per heavy atom. The summed E-state index contributed by atoms with van der Waals surface area (Å²) >= 11 is 5.96. The summed E-state index contributed by atoms with van der Waals surface area (Å²) in [7, 11) is -3.20. The molecule has 2 aromatic rings. The van der Waals surface area contributed by atoms with Crippen LogP contribution in [0, 0.1) is 0 Å². The molecule has 9 nitrogen and oxygen atoms in total. The molecular formula is C12H19ClN5O4P. The smallest absolute Gasteiger partial charge is 0.356 e. The zero-order valence-corrected chi connectivity index (χ0v) is 14.6. The summed E-state index contributed by atoms with van der Waals surface area (Å²) in [4.78, 5) is 12.1. The Kier molecular flexibility index (Phi) is 6.32. The summed E-state index contributed by atoms with van der Waals surface area (Å²) in [5.74, 6) is 0.0716. The van der Waals surface area contributed by atoms with Gasteiger partial charge in [0.25, 0.3) is 0 Å². The SMILES string of the molecule is CCOP(=O)(COCCn1cnc2c(Cl)nc(N)nc21)OCC. The predicted molar refractivity (Wildman–Crippen MR) is 86.4 cm³/mol. The summed E-state index contributed by atoms with van der Waals surface area (Å²) in [5.41, 5.74) is 6.57. The van der Waals surface area contributed by atoms with Crippen molar-refractivity contribution in [3.05, 3.63) is 11.5 Å². The van der Waals surface area contributed by atoms with E-state index in [0.717, 1.165) is 0 Å². The van der Waals surface area contributed by atoms with E-state index in [1.165, 1.54) is 0 Å². The predicted octanol–water partition coefficient (Wildman–Crippen LogP) is 2.30. The molecule has 2 rings (SSSR count). The van der Waals surface area contributed by atoms with Crippen molar-refractivity contribution < 1.29 is 18.3 Å². The number of rotatable bonds is 9. The number of hydrogen-bond donors (Lipinski definition) is 1. The number of imidazole rings is 1. The molecule has 0 aliphatic rings. The number of aromatic nitrogens is 4. The molecular weight excluding hydrogens is 345 g/mol. The molecule has 2 heterocycles. The van der Waals surface area contributed by atoms with Gasteiger partial charge in [0.05, 0.1) is 26.1 Å². The molecule has 0 aliphatic heterocycles. The lowest BCUT2D eigenvalue weighted by Gasteiger charge is -2.16. The molecule has 0 aliphatic carbocycles. The Hall–Kier alpha value is -1.25. The molecule has 0 atom stereocenters. The molecule has 0 unspecified atom stereocenters. The van der Waals surface area contributed by atoms with Gasteiger partial charge in [-0.15, -0.1) is 0 Å². The second kappa shape index (κ2) is 8.03. The highest BCUT2D eigenvalue weighted by atomic mass is 35.5. The van der Waals surface area contributed by atoms with E-state index < -0.39 is 7.60 Å². The normalized spacial score (nSPS) is 12.1. The fourth-order valence-electron chi connectivity index (χ4n) is 1.93. The summed E-state index contributed by atoms with van der Waals surface area (Å²) < 4.78 is 29.7. The number of nitrogens with zero attached hydrogens (tertiary/aromatic N) is 4. The van der Waals surface area contributed by atoms with Gasteiger partial charge >= 0.3 is 7.60 Å².